The molecule has 0 radical (unpaired) electrons. The van der Waals surface area contributed by atoms with E-state index in [1.165, 1.54) is 12.5 Å². The van der Waals surface area contributed by atoms with E-state index in [1.807, 2.05) is 12.1 Å². The molecule has 6 rings (SSSR count). The number of ketones is 1. The Morgan fingerprint density at radius 1 is 1.26 bits per heavy atom. The number of carbonyl (C=O) groups is 1. The van der Waals surface area contributed by atoms with E-state index >= 15 is 0 Å². The van der Waals surface area contributed by atoms with Gasteiger partial charge in [-0.25, -0.2) is 0 Å². The number of hydrogen-bond acceptors (Lipinski definition) is 5. The quantitative estimate of drug-likeness (QED) is 0.583. The van der Waals surface area contributed by atoms with Gasteiger partial charge in [-0.2, -0.15) is 0 Å². The van der Waals surface area contributed by atoms with Crippen molar-refractivity contribution in [3.05, 3.63) is 50.6 Å². The molecule has 3 aliphatic carbocycles. The van der Waals surface area contributed by atoms with E-state index in [1.54, 1.807) is 24.6 Å². The summed E-state index contributed by atoms with van der Waals surface area (Å²) in [4.78, 5) is 27.3. The number of aromatic nitrogens is 1. The van der Waals surface area contributed by atoms with Crippen LogP contribution in [0.3, 0.4) is 0 Å². The van der Waals surface area contributed by atoms with Crippen LogP contribution in [-0.4, -0.2) is 22.6 Å². The fourth-order valence-corrected chi connectivity index (χ4v) is 6.56. The molecule has 3 aromatic rings. The SMILES string of the molecule is COc1c(-c2cc3c(s2)C(O)C2(CC3)CC2)ccc2c(=O)c(C(C)=O)cn(C3CC3)c12. The molecule has 1 spiro atoms. The number of benzene rings is 1. The maximum absolute atomic E-state index is 13.0. The first-order valence-electron chi connectivity index (χ1n) is 11.0. The van der Waals surface area contributed by atoms with E-state index in [9.17, 15) is 14.7 Å². The number of nitrogens with zero attached hydrogens (tertiary/aromatic N) is 1. The minimum atomic E-state index is -0.371. The summed E-state index contributed by atoms with van der Waals surface area (Å²) in [6, 6.07) is 6.24. The van der Waals surface area contributed by atoms with Gasteiger partial charge >= 0.3 is 0 Å². The van der Waals surface area contributed by atoms with Gasteiger partial charge in [0.25, 0.3) is 0 Å². The average molecular weight is 436 g/mol. The predicted molar refractivity (Wildman–Crippen MR) is 121 cm³/mol. The van der Waals surface area contributed by atoms with Crippen LogP contribution < -0.4 is 10.2 Å². The first-order chi connectivity index (χ1) is 14.9. The molecule has 0 saturated heterocycles. The van der Waals surface area contributed by atoms with Crippen LogP contribution >= 0.6 is 11.3 Å². The van der Waals surface area contributed by atoms with E-state index in [-0.39, 0.29) is 28.3 Å². The monoisotopic (exact) mass is 435 g/mol. The highest BCUT2D eigenvalue weighted by atomic mass is 32.1. The zero-order valence-electron chi connectivity index (χ0n) is 17.7. The third-order valence-electron chi connectivity index (χ3n) is 7.39. The van der Waals surface area contributed by atoms with Crippen LogP contribution in [-0.2, 0) is 6.42 Å². The van der Waals surface area contributed by atoms with Gasteiger partial charge in [-0.05, 0) is 69.2 Å². The fraction of sp³-hybridized carbons (Fsp3) is 0.440. The highest BCUT2D eigenvalue weighted by molar-refractivity contribution is 7.15. The van der Waals surface area contributed by atoms with Crippen LogP contribution in [0.4, 0.5) is 0 Å². The maximum Gasteiger partial charge on any atom is 0.200 e. The Hall–Kier alpha value is -2.44. The minimum absolute atomic E-state index is 0.109. The molecule has 6 heteroatoms. The number of Topliss-reactive ketones (excluding diaryl/α,β-unsaturated/α-hetero) is 1. The van der Waals surface area contributed by atoms with Crippen LogP contribution in [0.2, 0.25) is 0 Å². The minimum Gasteiger partial charge on any atom is -0.494 e. The molecule has 1 atom stereocenters. The van der Waals surface area contributed by atoms with E-state index in [2.05, 4.69) is 10.6 Å². The number of ether oxygens (including phenoxy) is 1. The third kappa shape index (κ3) is 2.77. The van der Waals surface area contributed by atoms with Crippen LogP contribution in [0.1, 0.15) is 72.0 Å². The normalized spacial score (nSPS) is 21.3. The number of aryl methyl sites for hydroxylation is 1. The van der Waals surface area contributed by atoms with Crippen molar-refractivity contribution in [1.29, 1.82) is 0 Å². The molecule has 2 fully saturated rings. The Labute approximate surface area is 184 Å². The number of thiophene rings is 1. The molecule has 0 bridgehead atoms. The summed E-state index contributed by atoms with van der Waals surface area (Å²) in [7, 11) is 1.64. The predicted octanol–water partition coefficient (Wildman–Crippen LogP) is 5.04. The molecular weight excluding hydrogens is 410 g/mol. The van der Waals surface area contributed by atoms with Gasteiger partial charge < -0.3 is 14.4 Å². The van der Waals surface area contributed by atoms with E-state index < -0.39 is 0 Å². The van der Waals surface area contributed by atoms with Gasteiger partial charge in [-0.15, -0.1) is 11.3 Å². The van der Waals surface area contributed by atoms with Crippen molar-refractivity contribution in [2.75, 3.05) is 7.11 Å². The highest BCUT2D eigenvalue weighted by Gasteiger charge is 2.52. The Bertz CT molecular complexity index is 1310. The molecule has 31 heavy (non-hydrogen) atoms. The fourth-order valence-electron chi connectivity index (χ4n) is 5.19. The van der Waals surface area contributed by atoms with Gasteiger partial charge in [-0.3, -0.25) is 9.59 Å². The lowest BCUT2D eigenvalue weighted by Crippen LogP contribution is -2.19. The molecule has 0 aliphatic heterocycles. The Balaban J connectivity index is 1.57. The van der Waals surface area contributed by atoms with Crippen LogP contribution in [0.15, 0.2) is 29.2 Å². The molecular formula is C25H25NO4S. The van der Waals surface area contributed by atoms with Crippen LogP contribution in [0, 0.1) is 5.41 Å². The summed E-state index contributed by atoms with van der Waals surface area (Å²) in [5.41, 5.74) is 3.05. The van der Waals surface area contributed by atoms with Crippen molar-refractivity contribution >= 4 is 28.0 Å². The number of aliphatic hydroxyl groups excluding tert-OH is 1. The first kappa shape index (κ1) is 19.3. The number of methoxy groups -OCH3 is 1. The van der Waals surface area contributed by atoms with Crippen molar-refractivity contribution in [2.45, 2.75) is 57.6 Å². The Kier molecular flexibility index (Phi) is 4.06. The summed E-state index contributed by atoms with van der Waals surface area (Å²) >= 11 is 1.65. The number of rotatable bonds is 4. The molecule has 0 amide bonds. The largest absolute Gasteiger partial charge is 0.494 e. The highest BCUT2D eigenvalue weighted by Crippen LogP contribution is 2.62. The van der Waals surface area contributed by atoms with Crippen molar-refractivity contribution in [3.8, 4) is 16.2 Å². The van der Waals surface area contributed by atoms with Gasteiger partial charge in [0.15, 0.2) is 17.0 Å². The van der Waals surface area contributed by atoms with Crippen molar-refractivity contribution < 1.29 is 14.6 Å². The molecule has 1 unspecified atom stereocenters. The van der Waals surface area contributed by atoms with Crippen LogP contribution in [0.5, 0.6) is 5.75 Å². The lowest BCUT2D eigenvalue weighted by atomic mass is 9.83. The van der Waals surface area contributed by atoms with Crippen molar-refractivity contribution in [3.63, 3.8) is 0 Å². The second kappa shape index (κ2) is 6.53. The van der Waals surface area contributed by atoms with Gasteiger partial charge in [-0.1, -0.05) is 0 Å². The van der Waals surface area contributed by atoms with Gasteiger partial charge in [0.05, 0.1) is 29.7 Å². The number of fused-ring (bicyclic) bond motifs is 2. The third-order valence-corrected chi connectivity index (χ3v) is 8.65. The second-order valence-corrected chi connectivity index (χ2v) is 10.5. The Morgan fingerprint density at radius 2 is 2.03 bits per heavy atom. The average Bonchev–Trinajstić information content (AvgIpc) is 3.69. The number of hydrogen-bond donors (Lipinski definition) is 1. The summed E-state index contributed by atoms with van der Waals surface area (Å²) in [6.45, 7) is 1.44. The van der Waals surface area contributed by atoms with E-state index in [4.69, 9.17) is 4.74 Å². The Morgan fingerprint density at radius 3 is 2.68 bits per heavy atom. The first-order valence-corrected chi connectivity index (χ1v) is 11.8. The molecule has 2 aromatic heterocycles. The summed E-state index contributed by atoms with van der Waals surface area (Å²) < 4.78 is 7.97. The summed E-state index contributed by atoms with van der Waals surface area (Å²) in [6.07, 6.45) is 7.71. The van der Waals surface area contributed by atoms with E-state index in [0.29, 0.717) is 17.2 Å². The zero-order valence-corrected chi connectivity index (χ0v) is 18.6. The standard InChI is InChI=1S/C25H25NO4S/c1-13(27)18-12-26(15-3-4-15)20-17(21(18)28)6-5-16(22(20)30-2)19-11-14-7-8-25(9-10-25)24(29)23(14)31-19/h5-6,11-12,15,24,29H,3-4,7-10H2,1-2H3. The summed E-state index contributed by atoms with van der Waals surface area (Å²) in [5.74, 6) is 0.462. The van der Waals surface area contributed by atoms with Crippen LogP contribution in [0.25, 0.3) is 21.3 Å². The lowest BCUT2D eigenvalue weighted by molar-refractivity contribution is 0.0816. The number of aliphatic hydroxyl groups is 1. The van der Waals surface area contributed by atoms with Crippen molar-refractivity contribution in [2.24, 2.45) is 5.41 Å². The molecule has 1 aromatic carbocycles. The topological polar surface area (TPSA) is 68.5 Å². The lowest BCUT2D eigenvalue weighted by Gasteiger charge is -2.27. The molecule has 160 valence electrons. The molecule has 1 N–H and O–H groups in total. The van der Waals surface area contributed by atoms with Gasteiger partial charge in [0.2, 0.25) is 0 Å². The molecule has 3 aliphatic rings. The van der Waals surface area contributed by atoms with Crippen molar-refractivity contribution in [1.82, 2.24) is 4.57 Å². The van der Waals surface area contributed by atoms with Gasteiger partial charge in [0.1, 0.15) is 0 Å². The second-order valence-electron chi connectivity index (χ2n) is 9.37. The van der Waals surface area contributed by atoms with Gasteiger partial charge in [0, 0.05) is 33.0 Å². The zero-order chi connectivity index (χ0) is 21.5. The summed E-state index contributed by atoms with van der Waals surface area (Å²) in [5, 5.41) is 11.5. The smallest absolute Gasteiger partial charge is 0.200 e. The number of carbonyl (C=O) groups excluding carboxylic acids is 1. The molecule has 5 nitrogen and oxygen atoms in total. The molecule has 2 heterocycles. The maximum atomic E-state index is 13.0. The van der Waals surface area contributed by atoms with E-state index in [0.717, 1.165) is 59.4 Å². The molecule has 2 saturated carbocycles. The number of pyridine rings is 1.